The van der Waals surface area contributed by atoms with Crippen molar-refractivity contribution in [2.75, 3.05) is 13.2 Å². The van der Waals surface area contributed by atoms with Crippen LogP contribution in [0.25, 0.3) is 0 Å². The molecular weight excluding hydrogens is 290 g/mol. The Morgan fingerprint density at radius 1 is 1.25 bits per heavy atom. The van der Waals surface area contributed by atoms with Gasteiger partial charge in [-0.3, -0.25) is 0 Å². The molecule has 0 aliphatic heterocycles. The lowest BCUT2D eigenvalue weighted by Gasteiger charge is -2.20. The van der Waals surface area contributed by atoms with Crippen LogP contribution in [0, 0.1) is 13.8 Å². The largest absolute Gasteiger partial charge is 0.494 e. The molecule has 0 radical (unpaired) electrons. The van der Waals surface area contributed by atoms with E-state index in [1.54, 1.807) is 11.3 Å². The summed E-state index contributed by atoms with van der Waals surface area (Å²) in [5, 5.41) is 0. The maximum atomic E-state index is 6.05. The molecule has 0 fully saturated rings. The molecule has 2 N–H and O–H groups in total. The van der Waals surface area contributed by atoms with Gasteiger partial charge in [0.2, 0.25) is 0 Å². The quantitative estimate of drug-likeness (QED) is 0.882. The van der Waals surface area contributed by atoms with Gasteiger partial charge < -0.3 is 10.5 Å². The number of rotatable bonds is 5. The van der Waals surface area contributed by atoms with Gasteiger partial charge in [0.15, 0.2) is 0 Å². The van der Waals surface area contributed by atoms with Gasteiger partial charge in [0.1, 0.15) is 5.75 Å². The fourth-order valence-corrected chi connectivity index (χ4v) is 3.47. The molecule has 108 valence electrons. The van der Waals surface area contributed by atoms with Crippen molar-refractivity contribution in [1.29, 1.82) is 0 Å². The zero-order valence-electron chi connectivity index (χ0n) is 12.1. The van der Waals surface area contributed by atoms with Crippen molar-refractivity contribution in [3.8, 4) is 5.75 Å². The van der Waals surface area contributed by atoms with Crippen molar-refractivity contribution in [2.24, 2.45) is 5.73 Å². The van der Waals surface area contributed by atoms with Crippen LogP contribution in [0.4, 0.5) is 0 Å². The van der Waals surface area contributed by atoms with Gasteiger partial charge in [-0.1, -0.05) is 17.7 Å². The lowest BCUT2D eigenvalue weighted by atomic mass is 9.93. The van der Waals surface area contributed by atoms with Crippen LogP contribution in [0.15, 0.2) is 24.3 Å². The molecule has 2 aromatic rings. The highest BCUT2D eigenvalue weighted by atomic mass is 35.5. The fourth-order valence-electron chi connectivity index (χ4n) is 2.28. The molecule has 0 saturated heterocycles. The Bertz CT molecular complexity index is 594. The third-order valence-corrected chi connectivity index (χ3v) is 4.82. The van der Waals surface area contributed by atoms with E-state index in [9.17, 15) is 0 Å². The normalized spacial score (nSPS) is 12.4. The van der Waals surface area contributed by atoms with E-state index >= 15 is 0 Å². The Labute approximate surface area is 129 Å². The second-order valence-electron chi connectivity index (χ2n) is 4.84. The summed E-state index contributed by atoms with van der Waals surface area (Å²) < 4.78 is 6.59. The number of halogens is 1. The molecule has 1 unspecified atom stereocenters. The van der Waals surface area contributed by atoms with Crippen molar-refractivity contribution in [1.82, 2.24) is 0 Å². The summed E-state index contributed by atoms with van der Waals surface area (Å²) in [6.07, 6.45) is 0. The SMILES string of the molecule is CCOc1cc(C)c(C)cc1C(CN)c1ccc(Cl)s1. The van der Waals surface area contributed by atoms with Crippen LogP contribution in [0.1, 0.15) is 34.4 Å². The molecule has 0 aliphatic rings. The number of ether oxygens (including phenoxy) is 1. The highest BCUT2D eigenvalue weighted by Crippen LogP contribution is 2.37. The maximum absolute atomic E-state index is 6.05. The van der Waals surface area contributed by atoms with Crippen molar-refractivity contribution in [2.45, 2.75) is 26.7 Å². The molecule has 1 heterocycles. The van der Waals surface area contributed by atoms with Crippen LogP contribution in [-0.2, 0) is 0 Å². The lowest BCUT2D eigenvalue weighted by molar-refractivity contribution is 0.335. The Morgan fingerprint density at radius 3 is 2.50 bits per heavy atom. The van der Waals surface area contributed by atoms with Crippen molar-refractivity contribution < 1.29 is 4.74 Å². The first kappa shape index (κ1) is 15.4. The summed E-state index contributed by atoms with van der Waals surface area (Å²) in [7, 11) is 0. The van der Waals surface area contributed by atoms with Gasteiger partial charge in [0.25, 0.3) is 0 Å². The molecule has 4 heteroatoms. The van der Waals surface area contributed by atoms with Gasteiger partial charge in [-0.15, -0.1) is 11.3 Å². The molecule has 0 aliphatic carbocycles. The van der Waals surface area contributed by atoms with Crippen LogP contribution in [0.5, 0.6) is 5.75 Å². The molecule has 1 aromatic carbocycles. The van der Waals surface area contributed by atoms with Crippen LogP contribution in [0.3, 0.4) is 0 Å². The number of hydrogen-bond donors (Lipinski definition) is 1. The van der Waals surface area contributed by atoms with E-state index in [1.165, 1.54) is 16.0 Å². The Morgan fingerprint density at radius 2 is 1.95 bits per heavy atom. The third kappa shape index (κ3) is 3.17. The van der Waals surface area contributed by atoms with Crippen molar-refractivity contribution in [3.05, 3.63) is 50.2 Å². The molecule has 1 atom stereocenters. The van der Waals surface area contributed by atoms with E-state index < -0.39 is 0 Å². The summed E-state index contributed by atoms with van der Waals surface area (Å²) in [4.78, 5) is 1.18. The zero-order chi connectivity index (χ0) is 14.7. The van der Waals surface area contributed by atoms with E-state index in [0.717, 1.165) is 15.6 Å². The van der Waals surface area contributed by atoms with Gasteiger partial charge >= 0.3 is 0 Å². The van der Waals surface area contributed by atoms with Gasteiger partial charge in [-0.25, -0.2) is 0 Å². The summed E-state index contributed by atoms with van der Waals surface area (Å²) in [6, 6.07) is 8.26. The molecule has 1 aromatic heterocycles. The van der Waals surface area contributed by atoms with Crippen molar-refractivity contribution >= 4 is 22.9 Å². The number of benzene rings is 1. The molecule has 0 amide bonds. The van der Waals surface area contributed by atoms with Crippen LogP contribution in [0.2, 0.25) is 4.34 Å². The average Bonchev–Trinajstić information content (AvgIpc) is 2.83. The molecule has 2 rings (SSSR count). The summed E-state index contributed by atoms with van der Waals surface area (Å²) in [5.41, 5.74) is 9.64. The summed E-state index contributed by atoms with van der Waals surface area (Å²) in [5.74, 6) is 1.06. The van der Waals surface area contributed by atoms with E-state index in [1.807, 2.05) is 13.0 Å². The number of aryl methyl sites for hydroxylation is 2. The molecule has 0 spiro atoms. The predicted octanol–water partition coefficient (Wildman–Crippen LogP) is 4.51. The number of thiophene rings is 1. The van der Waals surface area contributed by atoms with Crippen LogP contribution < -0.4 is 10.5 Å². The minimum absolute atomic E-state index is 0.133. The topological polar surface area (TPSA) is 35.2 Å². The van der Waals surface area contributed by atoms with E-state index in [4.69, 9.17) is 22.1 Å². The predicted molar refractivity (Wildman–Crippen MR) is 87.3 cm³/mol. The summed E-state index contributed by atoms with van der Waals surface area (Å²) >= 11 is 7.63. The first-order valence-corrected chi connectivity index (χ1v) is 7.95. The fraction of sp³-hybridized carbons (Fsp3) is 0.375. The average molecular weight is 310 g/mol. The molecule has 0 saturated carbocycles. The van der Waals surface area contributed by atoms with E-state index in [2.05, 4.69) is 32.0 Å². The Hall–Kier alpha value is -1.03. The smallest absolute Gasteiger partial charge is 0.123 e. The monoisotopic (exact) mass is 309 g/mol. The van der Waals surface area contributed by atoms with Crippen molar-refractivity contribution in [3.63, 3.8) is 0 Å². The third-order valence-electron chi connectivity index (χ3n) is 3.47. The van der Waals surface area contributed by atoms with E-state index in [0.29, 0.717) is 13.2 Å². The molecule has 20 heavy (non-hydrogen) atoms. The minimum Gasteiger partial charge on any atom is -0.494 e. The second kappa shape index (κ2) is 6.61. The molecular formula is C16H20ClNOS. The molecule has 0 bridgehead atoms. The number of hydrogen-bond acceptors (Lipinski definition) is 3. The molecule has 2 nitrogen and oxygen atoms in total. The van der Waals surface area contributed by atoms with Gasteiger partial charge in [-0.2, -0.15) is 0 Å². The highest BCUT2D eigenvalue weighted by molar-refractivity contribution is 7.16. The standard InChI is InChI=1S/C16H20ClNOS/c1-4-19-14-8-11(3)10(2)7-12(14)13(9-18)15-5-6-16(17)20-15/h5-8,13H,4,9,18H2,1-3H3. The Kier molecular flexibility index (Phi) is 5.08. The van der Waals surface area contributed by atoms with Crippen LogP contribution in [-0.4, -0.2) is 13.2 Å². The van der Waals surface area contributed by atoms with Crippen LogP contribution >= 0.6 is 22.9 Å². The number of nitrogens with two attached hydrogens (primary N) is 1. The first-order valence-electron chi connectivity index (χ1n) is 6.76. The second-order valence-corrected chi connectivity index (χ2v) is 6.58. The lowest BCUT2D eigenvalue weighted by Crippen LogP contribution is -2.14. The van der Waals surface area contributed by atoms with E-state index in [-0.39, 0.29) is 5.92 Å². The first-order chi connectivity index (χ1) is 9.56. The maximum Gasteiger partial charge on any atom is 0.123 e. The summed E-state index contributed by atoms with van der Waals surface area (Å²) in [6.45, 7) is 7.40. The zero-order valence-corrected chi connectivity index (χ0v) is 13.6. The van der Waals surface area contributed by atoms with Gasteiger partial charge in [0.05, 0.1) is 10.9 Å². The van der Waals surface area contributed by atoms with Gasteiger partial charge in [0, 0.05) is 22.9 Å². The minimum atomic E-state index is 0.133. The van der Waals surface area contributed by atoms with Gasteiger partial charge in [-0.05, 0) is 50.1 Å². The highest BCUT2D eigenvalue weighted by Gasteiger charge is 2.20. The Balaban J connectivity index is 2.50.